The third-order valence-electron chi connectivity index (χ3n) is 14.2. The van der Waals surface area contributed by atoms with Crippen molar-refractivity contribution in [2.75, 3.05) is 13.2 Å². The highest BCUT2D eigenvalue weighted by molar-refractivity contribution is 5.76. The molecule has 0 aromatic heterocycles. The second-order valence-corrected chi connectivity index (χ2v) is 21.0. The van der Waals surface area contributed by atoms with Crippen LogP contribution in [0.4, 0.5) is 0 Å². The van der Waals surface area contributed by atoms with Crippen molar-refractivity contribution in [2.45, 2.75) is 347 Å². The lowest BCUT2D eigenvalue weighted by Crippen LogP contribution is -2.45. The van der Waals surface area contributed by atoms with E-state index in [9.17, 15) is 19.8 Å². The molecule has 0 aliphatic carbocycles. The third kappa shape index (κ3) is 53.7. The first kappa shape index (κ1) is 66.3. The number of carbonyl (C=O) groups is 2. The Morgan fingerprint density at radius 2 is 0.691 bits per heavy atom. The molecule has 0 radical (unpaired) electrons. The summed E-state index contributed by atoms with van der Waals surface area (Å²) in [6.07, 6.45) is 70.4. The fraction of sp³-hybridized carbons (Fsp3) is 0.903. The molecule has 3 N–H and O–H groups in total. The summed E-state index contributed by atoms with van der Waals surface area (Å²) in [4.78, 5) is 24.5. The van der Waals surface area contributed by atoms with Gasteiger partial charge in [0.1, 0.15) is 0 Å². The van der Waals surface area contributed by atoms with E-state index < -0.39 is 12.1 Å². The molecular formula is C62H119NO5. The molecule has 0 aliphatic rings. The van der Waals surface area contributed by atoms with Gasteiger partial charge in [0, 0.05) is 12.8 Å². The Kier molecular flexibility index (Phi) is 56.5. The van der Waals surface area contributed by atoms with E-state index in [2.05, 4.69) is 43.5 Å². The SMILES string of the molecule is CCCCCCCCC/C=C\CCCCCCCC(=O)OCCCCCCCCCCCC/C=C\CCCCCCCCCC(=O)NC(CO)C(O)CCCCCCCCCCCCCCCC. The lowest BCUT2D eigenvalue weighted by atomic mass is 10.0. The molecule has 2 atom stereocenters. The molecule has 0 aromatic rings. The van der Waals surface area contributed by atoms with E-state index in [4.69, 9.17) is 4.74 Å². The highest BCUT2D eigenvalue weighted by Crippen LogP contribution is 2.17. The minimum Gasteiger partial charge on any atom is -0.466 e. The molecule has 0 saturated heterocycles. The smallest absolute Gasteiger partial charge is 0.305 e. The molecule has 402 valence electrons. The predicted octanol–water partition coefficient (Wildman–Crippen LogP) is 19.0. The fourth-order valence-electron chi connectivity index (χ4n) is 9.51. The first-order valence-electron chi connectivity index (χ1n) is 30.6. The van der Waals surface area contributed by atoms with Gasteiger partial charge in [-0.25, -0.2) is 0 Å². The van der Waals surface area contributed by atoms with Crippen molar-refractivity contribution in [2.24, 2.45) is 0 Å². The third-order valence-corrected chi connectivity index (χ3v) is 14.2. The van der Waals surface area contributed by atoms with Crippen molar-refractivity contribution in [1.29, 1.82) is 0 Å². The van der Waals surface area contributed by atoms with E-state index in [0.717, 1.165) is 44.9 Å². The van der Waals surface area contributed by atoms with Crippen LogP contribution in [0.15, 0.2) is 24.3 Å². The van der Waals surface area contributed by atoms with Crippen LogP contribution in [-0.2, 0) is 14.3 Å². The molecule has 0 fully saturated rings. The lowest BCUT2D eigenvalue weighted by Gasteiger charge is -2.22. The maximum atomic E-state index is 12.5. The van der Waals surface area contributed by atoms with Crippen molar-refractivity contribution in [3.63, 3.8) is 0 Å². The molecule has 6 nitrogen and oxygen atoms in total. The number of hydrogen-bond acceptors (Lipinski definition) is 5. The molecule has 6 heteroatoms. The van der Waals surface area contributed by atoms with Gasteiger partial charge in [0.15, 0.2) is 0 Å². The van der Waals surface area contributed by atoms with Gasteiger partial charge in [-0.15, -0.1) is 0 Å². The number of hydrogen-bond donors (Lipinski definition) is 3. The van der Waals surface area contributed by atoms with E-state index in [1.165, 1.54) is 257 Å². The van der Waals surface area contributed by atoms with E-state index in [0.29, 0.717) is 25.9 Å². The largest absolute Gasteiger partial charge is 0.466 e. The Balaban J connectivity index is 3.41. The second-order valence-electron chi connectivity index (χ2n) is 21.0. The predicted molar refractivity (Wildman–Crippen MR) is 296 cm³/mol. The zero-order chi connectivity index (χ0) is 49.3. The van der Waals surface area contributed by atoms with Crippen molar-refractivity contribution < 1.29 is 24.5 Å². The molecule has 0 aliphatic heterocycles. The minimum absolute atomic E-state index is 0.00117. The first-order chi connectivity index (χ1) is 33.5. The average Bonchev–Trinajstić information content (AvgIpc) is 3.34. The van der Waals surface area contributed by atoms with Gasteiger partial charge in [-0.2, -0.15) is 0 Å². The molecule has 0 spiro atoms. The highest BCUT2D eigenvalue weighted by Gasteiger charge is 2.20. The van der Waals surface area contributed by atoms with Crippen LogP contribution in [0.1, 0.15) is 335 Å². The molecular weight excluding hydrogens is 839 g/mol. The molecule has 0 aromatic carbocycles. The summed E-state index contributed by atoms with van der Waals surface area (Å²) < 4.78 is 5.48. The number of carbonyl (C=O) groups excluding carboxylic acids is 2. The summed E-state index contributed by atoms with van der Waals surface area (Å²) in [6.45, 7) is 4.95. The summed E-state index contributed by atoms with van der Waals surface area (Å²) in [5.41, 5.74) is 0. The number of amides is 1. The average molecular weight is 959 g/mol. The van der Waals surface area contributed by atoms with Gasteiger partial charge < -0.3 is 20.3 Å². The van der Waals surface area contributed by atoms with Gasteiger partial charge in [-0.05, 0) is 77.0 Å². The summed E-state index contributed by atoms with van der Waals surface area (Å²) in [5, 5.41) is 23.3. The summed E-state index contributed by atoms with van der Waals surface area (Å²) >= 11 is 0. The Bertz CT molecular complexity index is 1060. The Morgan fingerprint density at radius 1 is 0.397 bits per heavy atom. The van der Waals surface area contributed by atoms with Gasteiger partial charge >= 0.3 is 5.97 Å². The summed E-state index contributed by atoms with van der Waals surface area (Å²) in [5.74, 6) is -0.0404. The van der Waals surface area contributed by atoms with Crippen LogP contribution in [-0.4, -0.2) is 47.4 Å². The molecule has 1 amide bonds. The molecule has 0 bridgehead atoms. The standard InChI is InChI=1S/C62H119NO5/c1-3-5-7-9-11-13-15-17-19-28-32-36-40-44-48-52-56-62(67)68-57-53-49-45-41-37-33-29-26-24-22-20-21-23-25-27-31-35-39-43-47-51-55-61(66)63-59(58-64)60(65)54-50-46-42-38-34-30-18-16-14-12-10-8-6-4-2/h19,21,23,28,59-60,64-65H,3-18,20,22,24-27,29-58H2,1-2H3,(H,63,66)/b23-21-,28-19-. The van der Waals surface area contributed by atoms with Crippen molar-refractivity contribution in [3.8, 4) is 0 Å². The van der Waals surface area contributed by atoms with Crippen molar-refractivity contribution >= 4 is 11.9 Å². The minimum atomic E-state index is -0.668. The summed E-state index contributed by atoms with van der Waals surface area (Å²) in [7, 11) is 0. The monoisotopic (exact) mass is 958 g/mol. The van der Waals surface area contributed by atoms with E-state index in [1.807, 2.05) is 0 Å². The second kappa shape index (κ2) is 57.9. The maximum absolute atomic E-state index is 12.5. The molecule has 68 heavy (non-hydrogen) atoms. The molecule has 0 rings (SSSR count). The van der Waals surface area contributed by atoms with Crippen LogP contribution >= 0.6 is 0 Å². The van der Waals surface area contributed by atoms with Crippen LogP contribution in [0.2, 0.25) is 0 Å². The van der Waals surface area contributed by atoms with Crippen molar-refractivity contribution in [1.82, 2.24) is 5.32 Å². The van der Waals surface area contributed by atoms with Crippen LogP contribution in [0.5, 0.6) is 0 Å². The van der Waals surface area contributed by atoms with Crippen LogP contribution in [0, 0.1) is 0 Å². The number of ether oxygens (including phenoxy) is 1. The Labute approximate surface area is 424 Å². The number of rotatable bonds is 57. The number of esters is 1. The van der Waals surface area contributed by atoms with Crippen molar-refractivity contribution in [3.05, 3.63) is 24.3 Å². The zero-order valence-electron chi connectivity index (χ0n) is 45.9. The lowest BCUT2D eigenvalue weighted by molar-refractivity contribution is -0.143. The Hall–Kier alpha value is -1.66. The van der Waals surface area contributed by atoms with E-state index in [1.54, 1.807) is 0 Å². The number of aliphatic hydroxyl groups excluding tert-OH is 2. The maximum Gasteiger partial charge on any atom is 0.305 e. The van der Waals surface area contributed by atoms with Crippen LogP contribution in [0.25, 0.3) is 0 Å². The number of unbranched alkanes of at least 4 members (excludes halogenated alkanes) is 42. The van der Waals surface area contributed by atoms with Crippen LogP contribution in [0.3, 0.4) is 0 Å². The van der Waals surface area contributed by atoms with Gasteiger partial charge in [0.05, 0.1) is 25.4 Å². The number of aliphatic hydroxyl groups is 2. The summed E-state index contributed by atoms with van der Waals surface area (Å²) in [6, 6.07) is -0.547. The Morgan fingerprint density at radius 3 is 1.04 bits per heavy atom. The topological polar surface area (TPSA) is 95.9 Å². The highest BCUT2D eigenvalue weighted by atomic mass is 16.5. The number of nitrogens with one attached hydrogen (secondary N) is 1. The fourth-order valence-corrected chi connectivity index (χ4v) is 9.51. The van der Waals surface area contributed by atoms with Gasteiger partial charge in [-0.1, -0.05) is 269 Å². The molecule has 2 unspecified atom stereocenters. The zero-order valence-corrected chi connectivity index (χ0v) is 45.9. The van der Waals surface area contributed by atoms with Crippen LogP contribution < -0.4 is 5.32 Å². The van der Waals surface area contributed by atoms with Gasteiger partial charge in [-0.3, -0.25) is 9.59 Å². The van der Waals surface area contributed by atoms with E-state index in [-0.39, 0.29) is 18.5 Å². The normalized spacial score (nSPS) is 12.7. The van der Waals surface area contributed by atoms with Gasteiger partial charge in [0.2, 0.25) is 5.91 Å². The van der Waals surface area contributed by atoms with Gasteiger partial charge in [0.25, 0.3) is 0 Å². The number of allylic oxidation sites excluding steroid dienone is 4. The quantitative estimate of drug-likeness (QED) is 0.0321. The molecule has 0 heterocycles. The first-order valence-corrected chi connectivity index (χ1v) is 30.6. The van der Waals surface area contributed by atoms with E-state index >= 15 is 0 Å². The molecule has 0 saturated carbocycles.